The Labute approximate surface area is 94.6 Å². The number of carbonyl (C=O) groups is 1. The van der Waals surface area contributed by atoms with Crippen molar-refractivity contribution in [2.24, 2.45) is 0 Å². The lowest BCUT2D eigenvalue weighted by Crippen LogP contribution is -2.03. The molecule has 1 aliphatic carbocycles. The van der Waals surface area contributed by atoms with Crippen LogP contribution >= 0.6 is 0 Å². The highest BCUT2D eigenvalue weighted by Crippen LogP contribution is 2.18. The number of benzene rings is 1. The van der Waals surface area contributed by atoms with Gasteiger partial charge in [-0.3, -0.25) is 0 Å². The number of allylic oxidation sites excluding steroid dienone is 2. The quantitative estimate of drug-likeness (QED) is 0.669. The van der Waals surface area contributed by atoms with E-state index < -0.39 is 0 Å². The fourth-order valence-electron chi connectivity index (χ4n) is 1.57. The molecule has 0 unspecified atom stereocenters. The monoisotopic (exact) mass is 212 g/mol. The zero-order valence-corrected chi connectivity index (χ0v) is 9.01. The van der Waals surface area contributed by atoms with Crippen molar-refractivity contribution >= 4 is 18.1 Å². The maximum atomic E-state index is 11.5. The first-order chi connectivity index (χ1) is 7.81. The van der Waals surface area contributed by atoms with Crippen LogP contribution in [0.2, 0.25) is 0 Å². The molecule has 0 saturated heterocycles. The number of ether oxygens (including phenoxy) is 1. The van der Waals surface area contributed by atoms with Crippen LogP contribution in [0.4, 0.5) is 0 Å². The molecule has 0 amide bonds. The van der Waals surface area contributed by atoms with Gasteiger partial charge in [-0.15, -0.1) is 0 Å². The molecule has 0 N–H and O–H groups in total. The van der Waals surface area contributed by atoms with Crippen molar-refractivity contribution < 1.29 is 9.53 Å². The van der Waals surface area contributed by atoms with Crippen LogP contribution in [-0.4, -0.2) is 13.1 Å². The molecule has 16 heavy (non-hydrogen) atoms. The predicted octanol–water partition coefficient (Wildman–Crippen LogP) is 2.83. The van der Waals surface area contributed by atoms with Gasteiger partial charge in [-0.25, -0.2) is 4.79 Å². The van der Waals surface area contributed by atoms with E-state index in [-0.39, 0.29) is 5.97 Å². The van der Waals surface area contributed by atoms with Gasteiger partial charge in [0.15, 0.2) is 0 Å². The number of rotatable bonds is 1. The minimum Gasteiger partial charge on any atom is -0.465 e. The molecule has 80 valence electrons. The van der Waals surface area contributed by atoms with Gasteiger partial charge in [0.25, 0.3) is 0 Å². The van der Waals surface area contributed by atoms with Gasteiger partial charge in [-0.1, -0.05) is 42.5 Å². The molecule has 0 atom stereocenters. The van der Waals surface area contributed by atoms with E-state index >= 15 is 0 Å². The molecular weight excluding hydrogens is 200 g/mol. The molecule has 1 aliphatic rings. The third kappa shape index (κ3) is 2.11. The van der Waals surface area contributed by atoms with Crippen molar-refractivity contribution in [2.45, 2.75) is 0 Å². The average molecular weight is 212 g/mol. The summed E-state index contributed by atoms with van der Waals surface area (Å²) >= 11 is 0. The summed E-state index contributed by atoms with van der Waals surface area (Å²) in [6, 6.07) is 7.90. The van der Waals surface area contributed by atoms with Crippen LogP contribution in [0.25, 0.3) is 12.2 Å². The van der Waals surface area contributed by atoms with Gasteiger partial charge >= 0.3 is 5.97 Å². The first-order valence-electron chi connectivity index (χ1n) is 5.05. The highest BCUT2D eigenvalue weighted by atomic mass is 16.5. The van der Waals surface area contributed by atoms with Gasteiger partial charge in [0.05, 0.1) is 12.7 Å². The summed E-state index contributed by atoms with van der Waals surface area (Å²) in [6.07, 6.45) is 9.34. The minimum atomic E-state index is -0.318. The van der Waals surface area contributed by atoms with E-state index in [1.54, 1.807) is 6.08 Å². The molecule has 1 aromatic rings. The van der Waals surface area contributed by atoms with Gasteiger partial charge in [-0.05, 0) is 23.3 Å². The maximum Gasteiger partial charge on any atom is 0.337 e. The van der Waals surface area contributed by atoms with Gasteiger partial charge in [0.2, 0.25) is 0 Å². The van der Waals surface area contributed by atoms with E-state index in [1.807, 2.05) is 48.6 Å². The average Bonchev–Trinajstić information content (AvgIpc) is 2.29. The predicted molar refractivity (Wildman–Crippen MR) is 64.6 cm³/mol. The molecule has 2 nitrogen and oxygen atoms in total. The summed E-state index contributed by atoms with van der Waals surface area (Å²) < 4.78 is 4.72. The molecule has 0 fully saturated rings. The van der Waals surface area contributed by atoms with Gasteiger partial charge in [0.1, 0.15) is 0 Å². The third-order valence-corrected chi connectivity index (χ3v) is 2.39. The Balaban J connectivity index is 2.50. The Hall–Kier alpha value is -2.09. The molecule has 0 aromatic heterocycles. The Morgan fingerprint density at radius 3 is 2.50 bits per heavy atom. The van der Waals surface area contributed by atoms with Crippen LogP contribution in [-0.2, 0) is 9.53 Å². The lowest BCUT2D eigenvalue weighted by Gasteiger charge is -2.05. The molecule has 1 aromatic carbocycles. The molecule has 2 rings (SSSR count). The molecule has 0 aliphatic heterocycles. The van der Waals surface area contributed by atoms with E-state index in [0.717, 1.165) is 11.1 Å². The molecular formula is C14H12O2. The highest BCUT2D eigenvalue weighted by Gasteiger charge is 2.07. The van der Waals surface area contributed by atoms with Crippen LogP contribution in [0.5, 0.6) is 0 Å². The summed E-state index contributed by atoms with van der Waals surface area (Å²) in [5, 5.41) is 0. The first-order valence-corrected chi connectivity index (χ1v) is 5.05. The van der Waals surface area contributed by atoms with Crippen LogP contribution in [0, 0.1) is 0 Å². The van der Waals surface area contributed by atoms with Crippen molar-refractivity contribution in [3.63, 3.8) is 0 Å². The van der Waals surface area contributed by atoms with Gasteiger partial charge in [0, 0.05) is 0 Å². The second kappa shape index (κ2) is 4.62. The normalized spacial score (nSPS) is 13.4. The molecule has 0 bridgehead atoms. The Morgan fingerprint density at radius 2 is 1.75 bits per heavy atom. The second-order valence-electron chi connectivity index (χ2n) is 3.44. The third-order valence-electron chi connectivity index (χ3n) is 2.39. The Morgan fingerprint density at radius 1 is 1.06 bits per heavy atom. The zero-order chi connectivity index (χ0) is 11.4. The number of methoxy groups -OCH3 is 1. The molecule has 0 heterocycles. The van der Waals surface area contributed by atoms with Crippen molar-refractivity contribution in [3.05, 3.63) is 59.2 Å². The number of hydrogen-bond acceptors (Lipinski definition) is 2. The smallest absolute Gasteiger partial charge is 0.337 e. The molecule has 0 radical (unpaired) electrons. The zero-order valence-electron chi connectivity index (χ0n) is 9.01. The standard InChI is InChI=1S/C14H12O2/c1-16-14(15)13-9-5-3-7-11-6-2-4-8-12(11)10-13/h2-10H,1H3. The minimum absolute atomic E-state index is 0.318. The summed E-state index contributed by atoms with van der Waals surface area (Å²) in [4.78, 5) is 11.5. The molecule has 0 spiro atoms. The van der Waals surface area contributed by atoms with Crippen LogP contribution in [0.3, 0.4) is 0 Å². The van der Waals surface area contributed by atoms with Crippen molar-refractivity contribution in [1.82, 2.24) is 0 Å². The van der Waals surface area contributed by atoms with Gasteiger partial charge in [-0.2, -0.15) is 0 Å². The lowest BCUT2D eigenvalue weighted by molar-refractivity contribution is -0.135. The number of esters is 1. The fraction of sp³-hybridized carbons (Fsp3) is 0.0714. The molecule has 2 heteroatoms. The van der Waals surface area contributed by atoms with E-state index in [2.05, 4.69) is 0 Å². The Kier molecular flexibility index (Phi) is 3.01. The Bertz CT molecular complexity index is 493. The fourth-order valence-corrected chi connectivity index (χ4v) is 1.57. The van der Waals surface area contributed by atoms with E-state index in [0.29, 0.717) is 5.57 Å². The first kappa shape index (κ1) is 10.4. The van der Waals surface area contributed by atoms with E-state index in [4.69, 9.17) is 4.74 Å². The number of hydrogen-bond donors (Lipinski definition) is 0. The van der Waals surface area contributed by atoms with E-state index in [9.17, 15) is 4.79 Å². The summed E-state index contributed by atoms with van der Waals surface area (Å²) in [6.45, 7) is 0. The summed E-state index contributed by atoms with van der Waals surface area (Å²) in [5.74, 6) is -0.318. The number of fused-ring (bicyclic) bond motifs is 1. The number of carbonyl (C=O) groups excluding carboxylic acids is 1. The summed E-state index contributed by atoms with van der Waals surface area (Å²) in [5.41, 5.74) is 2.66. The SMILES string of the molecule is COC(=O)C1=Cc2ccccc2C=CC=C1. The van der Waals surface area contributed by atoms with Crippen LogP contribution in [0.1, 0.15) is 11.1 Å². The summed E-state index contributed by atoms with van der Waals surface area (Å²) in [7, 11) is 1.39. The van der Waals surface area contributed by atoms with Crippen molar-refractivity contribution in [1.29, 1.82) is 0 Å². The topological polar surface area (TPSA) is 26.3 Å². The van der Waals surface area contributed by atoms with Crippen LogP contribution < -0.4 is 0 Å². The van der Waals surface area contributed by atoms with Gasteiger partial charge < -0.3 is 4.74 Å². The maximum absolute atomic E-state index is 11.5. The lowest BCUT2D eigenvalue weighted by atomic mass is 10.0. The molecule has 0 saturated carbocycles. The van der Waals surface area contributed by atoms with E-state index in [1.165, 1.54) is 7.11 Å². The largest absolute Gasteiger partial charge is 0.465 e. The van der Waals surface area contributed by atoms with Crippen LogP contribution in [0.15, 0.2) is 48.1 Å². The second-order valence-corrected chi connectivity index (χ2v) is 3.44. The highest BCUT2D eigenvalue weighted by molar-refractivity contribution is 5.97. The van der Waals surface area contributed by atoms with Crippen molar-refractivity contribution in [3.8, 4) is 0 Å². The van der Waals surface area contributed by atoms with Crippen molar-refractivity contribution in [2.75, 3.05) is 7.11 Å².